The summed E-state index contributed by atoms with van der Waals surface area (Å²) < 4.78 is 25.5. The van der Waals surface area contributed by atoms with Gasteiger partial charge in [0.15, 0.2) is 0 Å². The van der Waals surface area contributed by atoms with Gasteiger partial charge in [0.2, 0.25) is 10.0 Å². The summed E-state index contributed by atoms with van der Waals surface area (Å²) in [6, 6.07) is 16.3. The molecule has 4 nitrogen and oxygen atoms in total. The van der Waals surface area contributed by atoms with Crippen molar-refractivity contribution in [1.82, 2.24) is 4.98 Å². The van der Waals surface area contributed by atoms with Crippen LogP contribution in [0.4, 0.5) is 5.69 Å². The molecule has 0 saturated heterocycles. The van der Waals surface area contributed by atoms with Crippen molar-refractivity contribution in [3.63, 3.8) is 0 Å². The first-order chi connectivity index (χ1) is 12.5. The van der Waals surface area contributed by atoms with Crippen LogP contribution in [-0.2, 0) is 22.9 Å². The summed E-state index contributed by atoms with van der Waals surface area (Å²) in [5.74, 6) is 0. The fourth-order valence-electron chi connectivity index (χ4n) is 3.36. The van der Waals surface area contributed by atoms with Gasteiger partial charge in [-0.3, -0.25) is 4.31 Å². The number of sulfonamides is 1. The van der Waals surface area contributed by atoms with E-state index in [0.29, 0.717) is 6.54 Å². The monoisotopic (exact) mass is 384 g/mol. The van der Waals surface area contributed by atoms with Crippen molar-refractivity contribution in [1.29, 1.82) is 0 Å². The second-order valence-corrected chi connectivity index (χ2v) is 9.42. The summed E-state index contributed by atoms with van der Waals surface area (Å²) in [6.45, 7) is 0.559. The number of aromatic nitrogens is 1. The molecular weight excluding hydrogens is 364 g/mol. The van der Waals surface area contributed by atoms with Crippen LogP contribution in [0.25, 0.3) is 11.3 Å². The van der Waals surface area contributed by atoms with Gasteiger partial charge >= 0.3 is 0 Å². The molecule has 1 aliphatic heterocycles. The number of aryl methyl sites for hydroxylation is 1. The molecule has 1 aromatic heterocycles. The Morgan fingerprint density at radius 3 is 2.73 bits per heavy atom. The predicted octanol–water partition coefficient (Wildman–Crippen LogP) is 4.11. The standard InChI is InChI=1S/C20H20N2O2S2/c1-26(23,24)22-11-5-8-17-13-16(9-10-19(17)22)18-14-25-20(21-18)12-15-6-3-2-4-7-15/h2-4,6-7,9-10,13-14H,5,8,11-12H2,1H3. The minimum absolute atomic E-state index is 0.559. The van der Waals surface area contributed by atoms with E-state index in [2.05, 4.69) is 23.6 Å². The molecule has 2 heterocycles. The normalized spacial score (nSPS) is 14.3. The van der Waals surface area contributed by atoms with E-state index in [4.69, 9.17) is 4.98 Å². The molecule has 0 fully saturated rings. The molecule has 0 aliphatic carbocycles. The maximum absolute atomic E-state index is 12.0. The minimum Gasteiger partial charge on any atom is -0.270 e. The Balaban J connectivity index is 1.62. The van der Waals surface area contributed by atoms with E-state index >= 15 is 0 Å². The number of thiazole rings is 1. The maximum atomic E-state index is 12.0. The van der Waals surface area contributed by atoms with Gasteiger partial charge in [0.05, 0.1) is 22.6 Å². The van der Waals surface area contributed by atoms with Crippen molar-refractivity contribution in [2.75, 3.05) is 17.1 Å². The summed E-state index contributed by atoms with van der Waals surface area (Å²) in [4.78, 5) is 4.78. The van der Waals surface area contributed by atoms with Gasteiger partial charge in [0, 0.05) is 23.9 Å². The van der Waals surface area contributed by atoms with Crippen LogP contribution < -0.4 is 4.31 Å². The Morgan fingerprint density at radius 1 is 1.15 bits per heavy atom. The van der Waals surface area contributed by atoms with E-state index in [1.165, 1.54) is 16.1 Å². The van der Waals surface area contributed by atoms with Gasteiger partial charge in [-0.25, -0.2) is 13.4 Å². The first kappa shape index (κ1) is 17.2. The summed E-state index contributed by atoms with van der Waals surface area (Å²) in [5.41, 5.74) is 5.15. The van der Waals surface area contributed by atoms with Gasteiger partial charge in [0.25, 0.3) is 0 Å². The Labute approximate surface area is 158 Å². The average molecular weight is 385 g/mol. The van der Waals surface area contributed by atoms with Crippen LogP contribution in [0.2, 0.25) is 0 Å². The molecule has 0 atom stereocenters. The van der Waals surface area contributed by atoms with E-state index in [1.807, 2.05) is 30.3 Å². The van der Waals surface area contributed by atoms with Crippen molar-refractivity contribution in [3.8, 4) is 11.3 Å². The van der Waals surface area contributed by atoms with Crippen LogP contribution in [-0.4, -0.2) is 26.2 Å². The lowest BCUT2D eigenvalue weighted by Crippen LogP contribution is -2.34. The molecule has 0 bridgehead atoms. The second kappa shape index (κ2) is 6.85. The summed E-state index contributed by atoms with van der Waals surface area (Å²) in [7, 11) is -3.23. The quantitative estimate of drug-likeness (QED) is 0.680. The van der Waals surface area contributed by atoms with Gasteiger partial charge in [-0.1, -0.05) is 36.4 Å². The van der Waals surface area contributed by atoms with Crippen molar-refractivity contribution in [3.05, 3.63) is 70.0 Å². The number of hydrogen-bond acceptors (Lipinski definition) is 4. The Morgan fingerprint density at radius 2 is 1.96 bits per heavy atom. The first-order valence-corrected chi connectivity index (χ1v) is 11.3. The smallest absolute Gasteiger partial charge is 0.232 e. The van der Waals surface area contributed by atoms with E-state index in [-0.39, 0.29) is 0 Å². The third kappa shape index (κ3) is 3.52. The van der Waals surface area contributed by atoms with Gasteiger partial charge in [-0.05, 0) is 36.1 Å². The molecule has 134 valence electrons. The van der Waals surface area contributed by atoms with Crippen molar-refractivity contribution in [2.45, 2.75) is 19.3 Å². The van der Waals surface area contributed by atoms with Gasteiger partial charge < -0.3 is 0 Å². The molecule has 1 aliphatic rings. The van der Waals surface area contributed by atoms with Crippen LogP contribution in [0.5, 0.6) is 0 Å². The molecule has 6 heteroatoms. The highest BCUT2D eigenvalue weighted by Gasteiger charge is 2.24. The van der Waals surface area contributed by atoms with E-state index in [0.717, 1.165) is 46.8 Å². The van der Waals surface area contributed by atoms with Gasteiger partial charge in [0.1, 0.15) is 0 Å². The molecule has 26 heavy (non-hydrogen) atoms. The zero-order valence-corrected chi connectivity index (χ0v) is 16.2. The van der Waals surface area contributed by atoms with Crippen molar-refractivity contribution < 1.29 is 8.42 Å². The lowest BCUT2D eigenvalue weighted by atomic mass is 10.00. The van der Waals surface area contributed by atoms with Gasteiger partial charge in [-0.2, -0.15) is 0 Å². The number of fused-ring (bicyclic) bond motifs is 1. The number of rotatable bonds is 4. The number of nitrogens with zero attached hydrogens (tertiary/aromatic N) is 2. The summed E-state index contributed by atoms with van der Waals surface area (Å²) in [6.07, 6.45) is 3.85. The van der Waals surface area contributed by atoms with Crippen LogP contribution in [0, 0.1) is 0 Å². The first-order valence-electron chi connectivity index (χ1n) is 8.60. The molecule has 4 rings (SSSR count). The number of hydrogen-bond donors (Lipinski definition) is 0. The average Bonchev–Trinajstić information content (AvgIpc) is 3.09. The molecular formula is C20H20N2O2S2. The maximum Gasteiger partial charge on any atom is 0.232 e. The fourth-order valence-corrected chi connectivity index (χ4v) is 5.20. The Hall–Kier alpha value is -2.18. The van der Waals surface area contributed by atoms with Crippen molar-refractivity contribution in [2.24, 2.45) is 0 Å². The number of anilines is 1. The van der Waals surface area contributed by atoms with E-state index in [1.54, 1.807) is 11.3 Å². The largest absolute Gasteiger partial charge is 0.270 e. The molecule has 0 saturated carbocycles. The number of benzene rings is 2. The molecule has 0 N–H and O–H groups in total. The van der Waals surface area contributed by atoms with Crippen LogP contribution >= 0.6 is 11.3 Å². The molecule has 0 unspecified atom stereocenters. The zero-order chi connectivity index (χ0) is 18.1. The highest BCUT2D eigenvalue weighted by molar-refractivity contribution is 7.92. The Kier molecular flexibility index (Phi) is 4.54. The third-order valence-electron chi connectivity index (χ3n) is 4.60. The molecule has 0 radical (unpaired) electrons. The van der Waals surface area contributed by atoms with Crippen LogP contribution in [0.1, 0.15) is 22.6 Å². The lowest BCUT2D eigenvalue weighted by molar-refractivity contribution is 0.592. The van der Waals surface area contributed by atoms with Crippen molar-refractivity contribution >= 4 is 27.0 Å². The van der Waals surface area contributed by atoms with Crippen LogP contribution in [0.3, 0.4) is 0 Å². The highest BCUT2D eigenvalue weighted by Crippen LogP contribution is 2.33. The topological polar surface area (TPSA) is 50.3 Å². The highest BCUT2D eigenvalue weighted by atomic mass is 32.2. The molecule has 0 spiro atoms. The summed E-state index contributed by atoms with van der Waals surface area (Å²) >= 11 is 1.66. The molecule has 0 amide bonds. The molecule has 3 aromatic rings. The van der Waals surface area contributed by atoms with Crippen LogP contribution in [0.15, 0.2) is 53.9 Å². The second-order valence-electron chi connectivity index (χ2n) is 6.57. The lowest BCUT2D eigenvalue weighted by Gasteiger charge is -2.29. The van der Waals surface area contributed by atoms with E-state index < -0.39 is 10.0 Å². The summed E-state index contributed by atoms with van der Waals surface area (Å²) in [5, 5.41) is 3.17. The zero-order valence-electron chi connectivity index (χ0n) is 14.6. The predicted molar refractivity (Wildman–Crippen MR) is 107 cm³/mol. The van der Waals surface area contributed by atoms with Gasteiger partial charge in [-0.15, -0.1) is 11.3 Å². The minimum atomic E-state index is -3.23. The Bertz CT molecular complexity index is 1030. The van der Waals surface area contributed by atoms with E-state index in [9.17, 15) is 8.42 Å². The SMILES string of the molecule is CS(=O)(=O)N1CCCc2cc(-c3csc(Cc4ccccc4)n3)ccc21. The fraction of sp³-hybridized carbons (Fsp3) is 0.250. The molecule has 2 aromatic carbocycles. The third-order valence-corrected chi connectivity index (χ3v) is 6.63.